The topological polar surface area (TPSA) is 167 Å². The third-order valence-electron chi connectivity index (χ3n) is 11.0. The third kappa shape index (κ3) is 8.47. The fourth-order valence-corrected chi connectivity index (χ4v) is 8.85. The second kappa shape index (κ2) is 18.9. The lowest BCUT2D eigenvalue weighted by molar-refractivity contribution is -0.256. The minimum absolute atomic E-state index is 0.00415. The first-order valence-electron chi connectivity index (χ1n) is 19.7. The highest BCUT2D eigenvalue weighted by Gasteiger charge is 2.65. The molecule has 1 fully saturated rings. The number of oxime groups is 1. The number of aliphatic hydroxyl groups is 2. The molecule has 14 nitrogen and oxygen atoms in total. The average Bonchev–Trinajstić information content (AvgIpc) is 3.66. The molecule has 6 unspecified atom stereocenters. The van der Waals surface area contributed by atoms with Gasteiger partial charge in [0, 0.05) is 44.2 Å². The summed E-state index contributed by atoms with van der Waals surface area (Å²) in [7, 11) is 1.50. The zero-order valence-electron chi connectivity index (χ0n) is 32.6. The Balaban J connectivity index is 1.57. The summed E-state index contributed by atoms with van der Waals surface area (Å²) in [6, 6.07) is 10.1. The number of hydrogen-bond donors (Lipinski definition) is 3. The van der Waals surface area contributed by atoms with E-state index in [4.69, 9.17) is 33.3 Å². The van der Waals surface area contributed by atoms with Crippen molar-refractivity contribution in [3.63, 3.8) is 0 Å². The lowest BCUT2D eigenvalue weighted by atomic mass is 9.55. The Hall–Kier alpha value is -4.79. The highest BCUT2D eigenvalue weighted by molar-refractivity contribution is 6.03. The number of unbranched alkanes of at least 4 members (excludes halogenated alkanes) is 2. The number of ether oxygens (including phenoxy) is 6. The molecule has 0 spiro atoms. The van der Waals surface area contributed by atoms with Gasteiger partial charge in [-0.1, -0.05) is 36.2 Å². The van der Waals surface area contributed by atoms with Gasteiger partial charge in [-0.2, -0.15) is 0 Å². The quantitative estimate of drug-likeness (QED) is 0.0866. The van der Waals surface area contributed by atoms with Crippen LogP contribution in [0.3, 0.4) is 0 Å². The normalized spacial score (nSPS) is 24.9. The summed E-state index contributed by atoms with van der Waals surface area (Å²) < 4.78 is 36.9. The Morgan fingerprint density at radius 1 is 1.04 bits per heavy atom. The van der Waals surface area contributed by atoms with Crippen LogP contribution in [-0.2, 0) is 20.9 Å². The van der Waals surface area contributed by atoms with Crippen LogP contribution in [0.25, 0.3) is 0 Å². The largest absolute Gasteiger partial charge is 0.459 e. The molecule has 1 saturated carbocycles. The van der Waals surface area contributed by atoms with E-state index < -0.39 is 29.9 Å². The maximum atomic E-state index is 14.3. The first-order valence-corrected chi connectivity index (χ1v) is 19.7. The number of fused-ring (bicyclic) bond motifs is 3. The number of amides is 2. The first-order chi connectivity index (χ1) is 27.3. The van der Waals surface area contributed by atoms with Crippen molar-refractivity contribution in [1.29, 1.82) is 0 Å². The molecule has 0 saturated heterocycles. The zero-order valence-corrected chi connectivity index (χ0v) is 32.6. The van der Waals surface area contributed by atoms with Gasteiger partial charge >= 0.3 is 12.2 Å². The molecule has 14 heteroatoms. The monoisotopic (exact) mass is 777 g/mol. The van der Waals surface area contributed by atoms with Crippen LogP contribution in [0.4, 0.5) is 9.59 Å². The SMILES string of the molecule is C=CCOC12Oc3ccc(OC(=O)NCC)cc3C3C(CCCCO)C(CCCCO)C=C(C(=NOC)CC1N(Cc1ccc4c(c1)OCO4)C(=O)OCC)C32. The van der Waals surface area contributed by atoms with E-state index in [1.165, 1.54) is 7.11 Å². The van der Waals surface area contributed by atoms with Gasteiger partial charge in [-0.25, -0.2) is 9.59 Å². The fraction of sp³-hybridized carbons (Fsp3) is 0.548. The van der Waals surface area contributed by atoms with Crippen LogP contribution in [0, 0.1) is 17.8 Å². The summed E-state index contributed by atoms with van der Waals surface area (Å²) in [5.74, 6) is -0.185. The van der Waals surface area contributed by atoms with E-state index in [0.717, 1.165) is 42.4 Å². The number of carbonyl (C=O) groups excluding carboxylic acids is 2. The average molecular weight is 778 g/mol. The summed E-state index contributed by atoms with van der Waals surface area (Å²) in [5, 5.41) is 26.9. The van der Waals surface area contributed by atoms with Crippen LogP contribution in [0.1, 0.15) is 75.8 Å². The van der Waals surface area contributed by atoms with Gasteiger partial charge in [0.05, 0.1) is 24.8 Å². The maximum Gasteiger partial charge on any atom is 0.412 e. The van der Waals surface area contributed by atoms with Gasteiger partial charge in [-0.05, 0) is 92.8 Å². The summed E-state index contributed by atoms with van der Waals surface area (Å²) in [6.07, 6.45) is 7.40. The lowest BCUT2D eigenvalue weighted by Crippen LogP contribution is -2.70. The van der Waals surface area contributed by atoms with Crippen molar-refractivity contribution < 1.29 is 53.1 Å². The summed E-state index contributed by atoms with van der Waals surface area (Å²) in [6.45, 7) is 8.60. The minimum atomic E-state index is -1.49. The fourth-order valence-electron chi connectivity index (χ4n) is 8.85. The van der Waals surface area contributed by atoms with E-state index in [9.17, 15) is 19.8 Å². The molecule has 6 rings (SSSR count). The Morgan fingerprint density at radius 3 is 2.54 bits per heavy atom. The van der Waals surface area contributed by atoms with E-state index in [0.29, 0.717) is 48.1 Å². The number of hydrogen-bond acceptors (Lipinski definition) is 12. The molecule has 4 aliphatic rings. The molecule has 0 bridgehead atoms. The van der Waals surface area contributed by atoms with Crippen molar-refractivity contribution >= 4 is 17.9 Å². The summed E-state index contributed by atoms with van der Waals surface area (Å²) in [4.78, 5) is 34.1. The molecule has 2 heterocycles. The summed E-state index contributed by atoms with van der Waals surface area (Å²) in [5.41, 5.74) is 3.14. The number of aliphatic hydroxyl groups excluding tert-OH is 2. The number of rotatable bonds is 18. The van der Waals surface area contributed by atoms with Gasteiger partial charge in [-0.3, -0.25) is 4.90 Å². The maximum absolute atomic E-state index is 14.3. The van der Waals surface area contributed by atoms with E-state index in [1.54, 1.807) is 30.0 Å². The van der Waals surface area contributed by atoms with Gasteiger partial charge in [0.15, 0.2) is 11.5 Å². The summed E-state index contributed by atoms with van der Waals surface area (Å²) >= 11 is 0. The number of nitrogens with zero attached hydrogens (tertiary/aromatic N) is 2. The Bertz CT molecular complexity index is 1760. The standard InChI is InChI=1S/C42H55N3O11/c1-5-20-54-42-37(45(41(49)51-7-3)25-27-14-16-35-36(21-27)53-26-52-35)24-33(44-50-4)31-22-28(12-8-10-18-46)30(13-9-11-19-47)38(39(31)42)32-23-29(15-17-34(32)56-42)55-40(48)43-6-2/h5,14-17,21-23,28,30,37-39,46-47H,1,6-13,18-20,24-26H2,2-4H3,(H,43,48). The smallest absolute Gasteiger partial charge is 0.412 e. The zero-order chi connectivity index (χ0) is 39.7. The van der Waals surface area contributed by atoms with E-state index in [1.807, 2.05) is 31.2 Å². The van der Waals surface area contributed by atoms with Crippen LogP contribution in [-0.4, -0.2) is 91.7 Å². The first kappa shape index (κ1) is 40.9. The molecule has 3 N–H and O–H groups in total. The lowest BCUT2D eigenvalue weighted by Gasteiger charge is -2.59. The van der Waals surface area contributed by atoms with Gasteiger partial charge in [0.1, 0.15) is 24.7 Å². The van der Waals surface area contributed by atoms with E-state index in [2.05, 4.69) is 23.1 Å². The van der Waals surface area contributed by atoms with E-state index >= 15 is 0 Å². The molecule has 2 aromatic rings. The highest BCUT2D eigenvalue weighted by atomic mass is 16.7. The molecule has 0 aromatic heterocycles. The molecule has 6 atom stereocenters. The Morgan fingerprint density at radius 2 is 1.80 bits per heavy atom. The number of nitrogens with one attached hydrogen (secondary N) is 1. The van der Waals surface area contributed by atoms with Crippen molar-refractivity contribution in [3.05, 3.63) is 71.8 Å². The predicted octanol–water partition coefficient (Wildman–Crippen LogP) is 6.45. The third-order valence-corrected chi connectivity index (χ3v) is 11.0. The van der Waals surface area contributed by atoms with Gasteiger partial charge in [-0.15, -0.1) is 6.58 Å². The van der Waals surface area contributed by atoms with Crippen molar-refractivity contribution in [1.82, 2.24) is 10.2 Å². The van der Waals surface area contributed by atoms with Gasteiger partial charge in [0.2, 0.25) is 12.6 Å². The predicted molar refractivity (Wildman–Crippen MR) is 207 cm³/mol. The molecular weight excluding hydrogens is 722 g/mol. The molecular formula is C42H55N3O11. The number of benzene rings is 2. The van der Waals surface area contributed by atoms with Gasteiger partial charge < -0.3 is 48.8 Å². The highest BCUT2D eigenvalue weighted by Crippen LogP contribution is 2.62. The number of allylic oxidation sites excluding steroid dienone is 1. The van der Waals surface area contributed by atoms with Crippen molar-refractivity contribution in [2.24, 2.45) is 22.9 Å². The second-order valence-corrected chi connectivity index (χ2v) is 14.4. The number of carbonyl (C=O) groups is 2. The van der Waals surface area contributed by atoms with Gasteiger partial charge in [0.25, 0.3) is 0 Å². The van der Waals surface area contributed by atoms with Crippen LogP contribution in [0.15, 0.2) is 65.9 Å². The van der Waals surface area contributed by atoms with Crippen LogP contribution in [0.5, 0.6) is 23.0 Å². The van der Waals surface area contributed by atoms with Crippen molar-refractivity contribution in [2.45, 2.75) is 83.1 Å². The Labute approximate surface area is 328 Å². The molecule has 2 aliphatic heterocycles. The van der Waals surface area contributed by atoms with E-state index in [-0.39, 0.29) is 63.9 Å². The second-order valence-electron chi connectivity index (χ2n) is 14.4. The molecule has 2 amide bonds. The Kier molecular flexibility index (Phi) is 13.8. The molecule has 56 heavy (non-hydrogen) atoms. The molecule has 2 aromatic carbocycles. The van der Waals surface area contributed by atoms with Crippen molar-refractivity contribution in [2.75, 3.05) is 46.9 Å². The molecule has 2 aliphatic carbocycles. The van der Waals surface area contributed by atoms with Crippen LogP contribution < -0.4 is 24.3 Å². The minimum Gasteiger partial charge on any atom is -0.459 e. The van der Waals surface area contributed by atoms with Crippen LogP contribution >= 0.6 is 0 Å². The molecule has 0 radical (unpaired) electrons. The van der Waals surface area contributed by atoms with Crippen molar-refractivity contribution in [3.8, 4) is 23.0 Å². The molecule has 304 valence electrons. The van der Waals surface area contributed by atoms with Crippen LogP contribution in [0.2, 0.25) is 0 Å².